The van der Waals surface area contributed by atoms with Gasteiger partial charge in [-0.15, -0.1) is 0 Å². The van der Waals surface area contributed by atoms with Crippen molar-refractivity contribution in [2.45, 2.75) is 193 Å². The van der Waals surface area contributed by atoms with Crippen LogP contribution in [0.5, 0.6) is 0 Å². The van der Waals surface area contributed by atoms with Crippen LogP contribution in [0.15, 0.2) is 85.1 Å². The molecule has 0 aliphatic carbocycles. The number of hydrogen-bond acceptors (Lipinski definition) is 7. The van der Waals surface area contributed by atoms with Gasteiger partial charge in [0, 0.05) is 19.6 Å². The summed E-state index contributed by atoms with van der Waals surface area (Å²) in [4.78, 5) is 22.5. The molecule has 9 heteroatoms. The lowest BCUT2D eigenvalue weighted by molar-refractivity contribution is -0.154. The molecule has 0 saturated carbocycles. The van der Waals surface area contributed by atoms with E-state index in [1.165, 1.54) is 83.5 Å². The standard InChI is InChI=1S/C50H88NO7P/c1-3-5-7-9-11-13-15-17-19-20-21-22-23-24-25-26-27-28-29-31-33-35-37-39-41-43-50(52)58-49(48-57-59(53,54)56-46-44-51)47-55-45-42-40-38-36-34-32-30-18-16-14-12-10-8-6-4-2/h5,7,11,13,16-19,21-22,24-25,27-28,49H,3-4,6,8-10,12,14-15,20,23,26,29-48,51H2,1-2H3,(H,53,54)/b7-5-,13-11-,18-16-,19-17-,22-21-,25-24-,28-27-. The monoisotopic (exact) mass is 846 g/mol. The lowest BCUT2D eigenvalue weighted by Crippen LogP contribution is -2.28. The Morgan fingerprint density at radius 3 is 1.44 bits per heavy atom. The molecule has 0 aromatic rings. The molecule has 0 aromatic heterocycles. The fraction of sp³-hybridized carbons (Fsp3) is 0.700. The van der Waals surface area contributed by atoms with Crippen LogP contribution in [0, 0.1) is 0 Å². The minimum Gasteiger partial charge on any atom is -0.457 e. The topological polar surface area (TPSA) is 117 Å². The van der Waals surface area contributed by atoms with Crippen molar-refractivity contribution in [3.63, 3.8) is 0 Å². The quantitative estimate of drug-likeness (QED) is 0.0269. The maximum atomic E-state index is 12.6. The van der Waals surface area contributed by atoms with Crippen LogP contribution in [0.3, 0.4) is 0 Å². The number of unbranched alkanes of at least 4 members (excludes halogenated alkanes) is 17. The molecule has 8 nitrogen and oxygen atoms in total. The number of carbonyl (C=O) groups is 1. The molecule has 3 N–H and O–H groups in total. The fourth-order valence-electron chi connectivity index (χ4n) is 6.11. The zero-order valence-electron chi connectivity index (χ0n) is 37.7. The van der Waals surface area contributed by atoms with Crippen LogP contribution in [0.2, 0.25) is 0 Å². The normalized spacial score (nSPS) is 14.2. The first kappa shape index (κ1) is 56.7. The van der Waals surface area contributed by atoms with Gasteiger partial charge >= 0.3 is 13.8 Å². The van der Waals surface area contributed by atoms with Gasteiger partial charge in [0.15, 0.2) is 0 Å². The zero-order chi connectivity index (χ0) is 43.0. The second kappa shape index (κ2) is 46.7. The van der Waals surface area contributed by atoms with E-state index in [-0.39, 0.29) is 32.3 Å². The van der Waals surface area contributed by atoms with Gasteiger partial charge in [0.25, 0.3) is 0 Å². The highest BCUT2D eigenvalue weighted by molar-refractivity contribution is 7.47. The first-order valence-corrected chi connectivity index (χ1v) is 25.1. The summed E-state index contributed by atoms with van der Waals surface area (Å²) in [5.41, 5.74) is 5.38. The highest BCUT2D eigenvalue weighted by Gasteiger charge is 2.25. The molecule has 0 rings (SSSR count). The highest BCUT2D eigenvalue weighted by atomic mass is 31.2. The van der Waals surface area contributed by atoms with Gasteiger partial charge in [-0.1, -0.05) is 176 Å². The SMILES string of the molecule is CC/C=C\C/C=C\C/C=C\C/C=C\C/C=C\C/C=C\CCCCCCCCC(=O)OC(COCCCCCCCC/C=C\CCCCCCC)COP(=O)(O)OCCN. The number of phosphoric acid groups is 1. The number of nitrogens with two attached hydrogens (primary N) is 1. The first-order valence-electron chi connectivity index (χ1n) is 23.6. The van der Waals surface area contributed by atoms with E-state index < -0.39 is 13.9 Å². The molecule has 340 valence electrons. The van der Waals surface area contributed by atoms with Crippen molar-refractivity contribution in [2.75, 3.05) is 33.0 Å². The van der Waals surface area contributed by atoms with Gasteiger partial charge < -0.3 is 20.1 Å². The summed E-state index contributed by atoms with van der Waals surface area (Å²) in [6.07, 6.45) is 60.3. The Morgan fingerprint density at radius 2 is 0.949 bits per heavy atom. The lowest BCUT2D eigenvalue weighted by atomic mass is 10.1. The van der Waals surface area contributed by atoms with Gasteiger partial charge in [0.1, 0.15) is 6.10 Å². The molecule has 0 heterocycles. The summed E-state index contributed by atoms with van der Waals surface area (Å²) < 4.78 is 33.5. The average Bonchev–Trinajstić information content (AvgIpc) is 3.23. The fourth-order valence-corrected chi connectivity index (χ4v) is 6.88. The highest BCUT2D eigenvalue weighted by Crippen LogP contribution is 2.43. The van der Waals surface area contributed by atoms with Crippen LogP contribution >= 0.6 is 7.82 Å². The van der Waals surface area contributed by atoms with E-state index in [1.807, 2.05) is 0 Å². The maximum Gasteiger partial charge on any atom is 0.472 e. The molecule has 0 aliphatic heterocycles. The van der Waals surface area contributed by atoms with Crippen molar-refractivity contribution in [1.29, 1.82) is 0 Å². The van der Waals surface area contributed by atoms with Crippen LogP contribution in [-0.4, -0.2) is 49.9 Å². The van der Waals surface area contributed by atoms with Crippen molar-refractivity contribution >= 4 is 13.8 Å². The maximum absolute atomic E-state index is 12.6. The molecule has 0 aliphatic rings. The number of allylic oxidation sites excluding steroid dienone is 14. The van der Waals surface area contributed by atoms with Crippen molar-refractivity contribution in [3.05, 3.63) is 85.1 Å². The van der Waals surface area contributed by atoms with Crippen LogP contribution in [0.25, 0.3) is 0 Å². The predicted molar refractivity (Wildman–Crippen MR) is 251 cm³/mol. The van der Waals surface area contributed by atoms with Crippen LogP contribution < -0.4 is 5.73 Å². The molecular weight excluding hydrogens is 758 g/mol. The Balaban J connectivity index is 4.05. The molecule has 0 bridgehead atoms. The zero-order valence-corrected chi connectivity index (χ0v) is 38.6. The molecule has 2 atom stereocenters. The Bertz CT molecular complexity index is 1180. The second-order valence-corrected chi connectivity index (χ2v) is 16.7. The van der Waals surface area contributed by atoms with E-state index >= 15 is 0 Å². The predicted octanol–water partition coefficient (Wildman–Crippen LogP) is 14.5. The third-order valence-corrected chi connectivity index (χ3v) is 10.5. The lowest BCUT2D eigenvalue weighted by Gasteiger charge is -2.20. The smallest absolute Gasteiger partial charge is 0.457 e. The molecule has 0 amide bonds. The minimum atomic E-state index is -4.29. The summed E-state index contributed by atoms with van der Waals surface area (Å²) in [6, 6.07) is 0. The molecule has 0 radical (unpaired) electrons. The van der Waals surface area contributed by atoms with Gasteiger partial charge in [-0.3, -0.25) is 13.8 Å². The van der Waals surface area contributed by atoms with Crippen LogP contribution in [0.1, 0.15) is 187 Å². The molecule has 0 fully saturated rings. The molecule has 0 spiro atoms. The van der Waals surface area contributed by atoms with Crippen molar-refractivity contribution in [3.8, 4) is 0 Å². The number of ether oxygens (including phenoxy) is 2. The third kappa shape index (κ3) is 46.6. The molecule has 0 saturated heterocycles. The van der Waals surface area contributed by atoms with E-state index in [1.54, 1.807) is 0 Å². The van der Waals surface area contributed by atoms with Gasteiger partial charge in [0.05, 0.1) is 19.8 Å². The Hall–Kier alpha value is -2.32. The van der Waals surface area contributed by atoms with E-state index in [4.69, 9.17) is 24.3 Å². The average molecular weight is 846 g/mol. The Kier molecular flexibility index (Phi) is 44.9. The minimum absolute atomic E-state index is 0.0925. The summed E-state index contributed by atoms with van der Waals surface area (Å²) in [5.74, 6) is -0.350. The van der Waals surface area contributed by atoms with Crippen LogP contribution in [-0.2, 0) is 27.9 Å². The van der Waals surface area contributed by atoms with Gasteiger partial charge in [-0.25, -0.2) is 4.57 Å². The van der Waals surface area contributed by atoms with E-state index in [0.717, 1.165) is 83.5 Å². The summed E-state index contributed by atoms with van der Waals surface area (Å²) in [7, 11) is -4.29. The number of phosphoric ester groups is 1. The Labute approximate surface area is 362 Å². The summed E-state index contributed by atoms with van der Waals surface area (Å²) >= 11 is 0. The number of esters is 1. The third-order valence-electron chi connectivity index (χ3n) is 9.55. The second-order valence-electron chi connectivity index (χ2n) is 15.2. The molecule has 2 unspecified atom stereocenters. The largest absolute Gasteiger partial charge is 0.472 e. The van der Waals surface area contributed by atoms with E-state index in [2.05, 4.69) is 98.9 Å². The first-order chi connectivity index (χ1) is 28.9. The molecule has 59 heavy (non-hydrogen) atoms. The number of hydrogen-bond donors (Lipinski definition) is 2. The summed E-state index contributed by atoms with van der Waals surface area (Å²) in [5, 5.41) is 0. The molecular formula is C50H88NO7P. The van der Waals surface area contributed by atoms with E-state index in [0.29, 0.717) is 13.0 Å². The number of carbonyl (C=O) groups excluding carboxylic acids is 1. The van der Waals surface area contributed by atoms with E-state index in [9.17, 15) is 14.3 Å². The summed E-state index contributed by atoms with van der Waals surface area (Å²) in [6.45, 7) is 4.75. The van der Waals surface area contributed by atoms with Gasteiger partial charge in [-0.2, -0.15) is 0 Å². The van der Waals surface area contributed by atoms with Gasteiger partial charge in [0.2, 0.25) is 0 Å². The van der Waals surface area contributed by atoms with Gasteiger partial charge in [-0.05, 0) is 89.9 Å². The van der Waals surface area contributed by atoms with Crippen molar-refractivity contribution < 1.29 is 32.8 Å². The Morgan fingerprint density at radius 1 is 0.525 bits per heavy atom. The van der Waals surface area contributed by atoms with Crippen LogP contribution in [0.4, 0.5) is 0 Å². The molecule has 0 aromatic carbocycles. The number of rotatable bonds is 44. The van der Waals surface area contributed by atoms with Crippen molar-refractivity contribution in [1.82, 2.24) is 0 Å². The van der Waals surface area contributed by atoms with Crippen molar-refractivity contribution in [2.24, 2.45) is 5.73 Å².